The van der Waals surface area contributed by atoms with Crippen LogP contribution in [0.4, 0.5) is 5.69 Å². The Labute approximate surface area is 140 Å². The largest absolute Gasteiger partial charge is 0.467 e. The number of amides is 2. The van der Waals surface area contributed by atoms with E-state index in [-0.39, 0.29) is 6.42 Å². The summed E-state index contributed by atoms with van der Waals surface area (Å²) in [7, 11) is 1.27. The highest BCUT2D eigenvalue weighted by atomic mass is 32.2. The molecule has 0 saturated heterocycles. The molecule has 1 aromatic carbocycles. The molecule has 1 rings (SSSR count). The minimum atomic E-state index is -0.730. The van der Waals surface area contributed by atoms with Gasteiger partial charge in [0.1, 0.15) is 12.5 Å². The first kappa shape index (κ1) is 19.0. The lowest BCUT2D eigenvalue weighted by Crippen LogP contribution is -2.43. The number of methoxy groups -OCH3 is 1. The Kier molecular flexibility index (Phi) is 8.18. The second-order valence-corrected chi connectivity index (χ2v) is 5.95. The molecular formula is C16H22N2O4S. The smallest absolute Gasteiger partial charge is 0.328 e. The summed E-state index contributed by atoms with van der Waals surface area (Å²) in [6.45, 7) is 1.87. The van der Waals surface area contributed by atoms with E-state index in [1.165, 1.54) is 7.11 Å². The molecule has 0 spiro atoms. The van der Waals surface area contributed by atoms with Gasteiger partial charge in [0.15, 0.2) is 0 Å². The van der Waals surface area contributed by atoms with Crippen molar-refractivity contribution in [3.8, 4) is 0 Å². The minimum Gasteiger partial charge on any atom is -0.467 e. The van der Waals surface area contributed by atoms with E-state index < -0.39 is 23.8 Å². The first-order chi connectivity index (χ1) is 11.0. The molecule has 0 heterocycles. The normalized spacial score (nSPS) is 11.4. The Bertz CT molecular complexity index is 563. The van der Waals surface area contributed by atoms with Crippen molar-refractivity contribution in [1.29, 1.82) is 0 Å². The Morgan fingerprint density at radius 1 is 1.22 bits per heavy atom. The number of ether oxygens (including phenoxy) is 1. The van der Waals surface area contributed by atoms with E-state index in [4.69, 9.17) is 0 Å². The monoisotopic (exact) mass is 338 g/mol. The number of hydrogen-bond acceptors (Lipinski definition) is 5. The summed E-state index contributed by atoms with van der Waals surface area (Å²) in [4.78, 5) is 35.5. The average molecular weight is 338 g/mol. The van der Waals surface area contributed by atoms with E-state index in [0.717, 1.165) is 5.56 Å². The lowest BCUT2D eigenvalue weighted by molar-refractivity contribution is -0.145. The third-order valence-corrected chi connectivity index (χ3v) is 3.82. The van der Waals surface area contributed by atoms with Gasteiger partial charge in [-0.2, -0.15) is 11.8 Å². The number of rotatable bonds is 8. The maximum Gasteiger partial charge on any atom is 0.328 e. The Morgan fingerprint density at radius 2 is 1.91 bits per heavy atom. The molecule has 0 aliphatic heterocycles. The average Bonchev–Trinajstić information content (AvgIpc) is 2.52. The number of carbonyl (C=O) groups is 3. The highest BCUT2D eigenvalue weighted by Gasteiger charge is 2.22. The summed E-state index contributed by atoms with van der Waals surface area (Å²) in [5.74, 6) is -0.736. The SMILES string of the molecule is COC(=O)[C@H](CCSC)NC(=O)CC(=O)Nc1ccccc1C. The quantitative estimate of drug-likeness (QED) is 0.557. The topological polar surface area (TPSA) is 84.5 Å². The third kappa shape index (κ3) is 6.73. The zero-order valence-electron chi connectivity index (χ0n) is 13.5. The number of hydrogen-bond donors (Lipinski definition) is 2. The van der Waals surface area contributed by atoms with Gasteiger partial charge in [-0.25, -0.2) is 4.79 Å². The molecule has 6 nitrogen and oxygen atoms in total. The van der Waals surface area contributed by atoms with Crippen molar-refractivity contribution in [2.45, 2.75) is 25.8 Å². The summed E-state index contributed by atoms with van der Waals surface area (Å²) in [6.07, 6.45) is 2.02. The third-order valence-electron chi connectivity index (χ3n) is 3.17. The van der Waals surface area contributed by atoms with Crippen molar-refractivity contribution in [3.63, 3.8) is 0 Å². The van der Waals surface area contributed by atoms with Crippen LogP contribution in [0.2, 0.25) is 0 Å². The highest BCUT2D eigenvalue weighted by Crippen LogP contribution is 2.13. The number of carbonyl (C=O) groups excluding carboxylic acids is 3. The molecule has 0 saturated carbocycles. The molecule has 0 aromatic heterocycles. The number of benzene rings is 1. The molecule has 7 heteroatoms. The van der Waals surface area contributed by atoms with Crippen LogP contribution in [0.5, 0.6) is 0 Å². The van der Waals surface area contributed by atoms with Crippen LogP contribution >= 0.6 is 11.8 Å². The van der Waals surface area contributed by atoms with Gasteiger partial charge in [-0.05, 0) is 37.0 Å². The molecule has 2 amide bonds. The molecule has 1 aromatic rings. The first-order valence-corrected chi connectivity index (χ1v) is 8.59. The van der Waals surface area contributed by atoms with Crippen LogP contribution in [0, 0.1) is 6.92 Å². The highest BCUT2D eigenvalue weighted by molar-refractivity contribution is 7.98. The Morgan fingerprint density at radius 3 is 2.52 bits per heavy atom. The van der Waals surface area contributed by atoms with E-state index in [0.29, 0.717) is 17.9 Å². The van der Waals surface area contributed by atoms with E-state index in [2.05, 4.69) is 15.4 Å². The van der Waals surface area contributed by atoms with Crippen molar-refractivity contribution < 1.29 is 19.1 Å². The van der Waals surface area contributed by atoms with Gasteiger partial charge < -0.3 is 15.4 Å². The summed E-state index contributed by atoms with van der Waals surface area (Å²) in [6, 6.07) is 6.57. The molecule has 0 aliphatic rings. The van der Waals surface area contributed by atoms with E-state index in [1.807, 2.05) is 25.3 Å². The van der Waals surface area contributed by atoms with Gasteiger partial charge in [-0.3, -0.25) is 9.59 Å². The van der Waals surface area contributed by atoms with E-state index in [1.54, 1.807) is 23.9 Å². The van der Waals surface area contributed by atoms with Crippen molar-refractivity contribution in [2.75, 3.05) is 24.4 Å². The van der Waals surface area contributed by atoms with Gasteiger partial charge in [0.2, 0.25) is 11.8 Å². The van der Waals surface area contributed by atoms with Crippen LogP contribution in [0.3, 0.4) is 0 Å². The van der Waals surface area contributed by atoms with Gasteiger partial charge >= 0.3 is 5.97 Å². The van der Waals surface area contributed by atoms with Crippen LogP contribution in [0.25, 0.3) is 0 Å². The number of anilines is 1. The molecule has 0 aliphatic carbocycles. The summed E-state index contributed by atoms with van der Waals surface area (Å²) >= 11 is 1.56. The predicted octanol–water partition coefficient (Wildman–Crippen LogP) is 1.73. The molecule has 0 radical (unpaired) electrons. The molecule has 0 unspecified atom stereocenters. The second kappa shape index (κ2) is 9.89. The number of nitrogens with one attached hydrogen (secondary N) is 2. The fourth-order valence-electron chi connectivity index (χ4n) is 1.93. The maximum absolute atomic E-state index is 11.9. The fraction of sp³-hybridized carbons (Fsp3) is 0.438. The lowest BCUT2D eigenvalue weighted by atomic mass is 10.2. The van der Waals surface area contributed by atoms with Crippen LogP contribution in [-0.2, 0) is 19.1 Å². The van der Waals surface area contributed by atoms with Gasteiger partial charge in [-0.1, -0.05) is 18.2 Å². The predicted molar refractivity (Wildman–Crippen MR) is 91.4 cm³/mol. The number of aryl methyl sites for hydroxylation is 1. The standard InChI is InChI=1S/C16H22N2O4S/c1-11-6-4-5-7-12(11)17-14(19)10-15(20)18-13(8-9-23-3)16(21)22-2/h4-7,13H,8-10H2,1-3H3,(H,17,19)(H,18,20)/t13-/m0/s1. The van der Waals surface area contributed by atoms with Gasteiger partial charge in [0, 0.05) is 5.69 Å². The van der Waals surface area contributed by atoms with Crippen LogP contribution < -0.4 is 10.6 Å². The van der Waals surface area contributed by atoms with Crippen LogP contribution in [-0.4, -0.2) is 42.9 Å². The summed E-state index contributed by atoms with van der Waals surface area (Å²) in [5.41, 5.74) is 1.57. The lowest BCUT2D eigenvalue weighted by Gasteiger charge is -2.16. The van der Waals surface area contributed by atoms with Crippen molar-refractivity contribution >= 4 is 35.2 Å². The van der Waals surface area contributed by atoms with Gasteiger partial charge in [0.25, 0.3) is 0 Å². The number of para-hydroxylation sites is 1. The van der Waals surface area contributed by atoms with Gasteiger partial charge in [0.05, 0.1) is 7.11 Å². The first-order valence-electron chi connectivity index (χ1n) is 7.19. The maximum atomic E-state index is 11.9. The van der Waals surface area contributed by atoms with E-state index in [9.17, 15) is 14.4 Å². The van der Waals surface area contributed by atoms with Crippen LogP contribution in [0.15, 0.2) is 24.3 Å². The molecule has 1 atom stereocenters. The van der Waals surface area contributed by atoms with Gasteiger partial charge in [-0.15, -0.1) is 0 Å². The minimum absolute atomic E-state index is 0.346. The number of thioether (sulfide) groups is 1. The molecule has 2 N–H and O–H groups in total. The number of esters is 1. The van der Waals surface area contributed by atoms with Crippen molar-refractivity contribution in [1.82, 2.24) is 5.32 Å². The molecule has 0 bridgehead atoms. The summed E-state index contributed by atoms with van der Waals surface area (Å²) in [5, 5.41) is 5.23. The fourth-order valence-corrected chi connectivity index (χ4v) is 2.40. The molecule has 23 heavy (non-hydrogen) atoms. The molecule has 0 fully saturated rings. The zero-order valence-corrected chi connectivity index (χ0v) is 14.4. The molecular weight excluding hydrogens is 316 g/mol. The second-order valence-electron chi connectivity index (χ2n) is 4.96. The van der Waals surface area contributed by atoms with Crippen molar-refractivity contribution in [2.24, 2.45) is 0 Å². The Balaban J connectivity index is 2.54. The van der Waals surface area contributed by atoms with Crippen molar-refractivity contribution in [3.05, 3.63) is 29.8 Å². The van der Waals surface area contributed by atoms with E-state index >= 15 is 0 Å². The van der Waals surface area contributed by atoms with Crippen LogP contribution in [0.1, 0.15) is 18.4 Å². The summed E-state index contributed by atoms with van der Waals surface area (Å²) < 4.78 is 4.66. The Hall–Kier alpha value is -2.02. The molecule has 126 valence electrons. The zero-order chi connectivity index (χ0) is 17.2.